The summed E-state index contributed by atoms with van der Waals surface area (Å²) < 4.78 is 16.0. The SMILES string of the molecule is CCCCOc1nnc(NC(=O)N(C)CC2OCCO2)s1. The number of hydrogen-bond acceptors (Lipinski definition) is 7. The Morgan fingerprint density at radius 2 is 2.24 bits per heavy atom. The van der Waals surface area contributed by atoms with Gasteiger partial charge < -0.3 is 19.1 Å². The van der Waals surface area contributed by atoms with E-state index in [1.54, 1.807) is 7.05 Å². The molecule has 1 saturated heterocycles. The molecule has 0 bridgehead atoms. The van der Waals surface area contributed by atoms with Crippen LogP contribution in [0.3, 0.4) is 0 Å². The molecule has 1 aliphatic heterocycles. The Hall–Kier alpha value is -1.45. The number of anilines is 1. The summed E-state index contributed by atoms with van der Waals surface area (Å²) in [4.78, 5) is 13.5. The fourth-order valence-electron chi connectivity index (χ4n) is 1.63. The number of nitrogens with zero attached hydrogens (tertiary/aromatic N) is 3. The molecule has 2 amide bonds. The highest BCUT2D eigenvalue weighted by atomic mass is 32.1. The van der Waals surface area contributed by atoms with Crippen LogP contribution in [0.1, 0.15) is 19.8 Å². The molecule has 0 spiro atoms. The van der Waals surface area contributed by atoms with E-state index in [-0.39, 0.29) is 12.3 Å². The fourth-order valence-corrected chi connectivity index (χ4v) is 2.24. The van der Waals surface area contributed by atoms with E-state index >= 15 is 0 Å². The van der Waals surface area contributed by atoms with Crippen LogP contribution in [0.5, 0.6) is 5.19 Å². The Morgan fingerprint density at radius 3 is 2.95 bits per heavy atom. The first-order valence-corrected chi connectivity index (χ1v) is 7.72. The molecule has 0 aliphatic carbocycles. The van der Waals surface area contributed by atoms with Gasteiger partial charge in [0.05, 0.1) is 26.4 Å². The number of nitrogens with one attached hydrogen (secondary N) is 1. The van der Waals surface area contributed by atoms with E-state index < -0.39 is 0 Å². The Morgan fingerprint density at radius 1 is 1.48 bits per heavy atom. The van der Waals surface area contributed by atoms with Crippen LogP contribution in [0.25, 0.3) is 0 Å². The van der Waals surface area contributed by atoms with E-state index in [0.717, 1.165) is 12.8 Å². The molecule has 2 heterocycles. The highest BCUT2D eigenvalue weighted by molar-refractivity contribution is 7.17. The molecular formula is C12H20N4O4S. The third-order valence-corrected chi connectivity index (χ3v) is 3.56. The minimum atomic E-state index is -0.358. The van der Waals surface area contributed by atoms with Gasteiger partial charge in [0, 0.05) is 7.05 Å². The highest BCUT2D eigenvalue weighted by Gasteiger charge is 2.21. The van der Waals surface area contributed by atoms with Gasteiger partial charge in [0.15, 0.2) is 6.29 Å². The molecule has 21 heavy (non-hydrogen) atoms. The lowest BCUT2D eigenvalue weighted by molar-refractivity contribution is -0.0518. The van der Waals surface area contributed by atoms with Gasteiger partial charge in [-0.1, -0.05) is 18.4 Å². The summed E-state index contributed by atoms with van der Waals surface area (Å²) in [6.45, 7) is 4.19. The number of amides is 2. The minimum Gasteiger partial charge on any atom is -0.469 e. The van der Waals surface area contributed by atoms with Crippen molar-refractivity contribution in [1.29, 1.82) is 0 Å². The molecule has 0 saturated carbocycles. The van der Waals surface area contributed by atoms with Gasteiger partial charge in [0.25, 0.3) is 5.19 Å². The third-order valence-electron chi connectivity index (χ3n) is 2.80. The van der Waals surface area contributed by atoms with Crippen molar-refractivity contribution >= 4 is 22.5 Å². The summed E-state index contributed by atoms with van der Waals surface area (Å²) in [5.74, 6) is 0. The van der Waals surface area contributed by atoms with Crippen molar-refractivity contribution < 1.29 is 19.0 Å². The van der Waals surface area contributed by atoms with Crippen molar-refractivity contribution in [3.8, 4) is 5.19 Å². The monoisotopic (exact) mass is 316 g/mol. The number of carbonyl (C=O) groups excluding carboxylic acids is 1. The van der Waals surface area contributed by atoms with Crippen LogP contribution in [0.4, 0.5) is 9.93 Å². The van der Waals surface area contributed by atoms with E-state index in [4.69, 9.17) is 14.2 Å². The van der Waals surface area contributed by atoms with Crippen molar-refractivity contribution in [2.45, 2.75) is 26.1 Å². The number of urea groups is 1. The van der Waals surface area contributed by atoms with Gasteiger partial charge in [-0.05, 0) is 17.8 Å². The number of rotatable bonds is 7. The fraction of sp³-hybridized carbons (Fsp3) is 0.750. The van der Waals surface area contributed by atoms with Gasteiger partial charge >= 0.3 is 6.03 Å². The maximum absolute atomic E-state index is 12.0. The molecular weight excluding hydrogens is 296 g/mol. The summed E-state index contributed by atoms with van der Waals surface area (Å²) >= 11 is 1.21. The second-order valence-electron chi connectivity index (χ2n) is 4.56. The Kier molecular flexibility index (Phi) is 6.15. The lowest BCUT2D eigenvalue weighted by atomic mass is 10.4. The first kappa shape index (κ1) is 15.9. The van der Waals surface area contributed by atoms with Crippen molar-refractivity contribution in [2.24, 2.45) is 0 Å². The Balaban J connectivity index is 1.76. The van der Waals surface area contributed by atoms with E-state index in [2.05, 4.69) is 22.4 Å². The number of ether oxygens (including phenoxy) is 3. The zero-order valence-corrected chi connectivity index (χ0v) is 13.0. The summed E-state index contributed by atoms with van der Waals surface area (Å²) in [6, 6.07) is -0.287. The largest absolute Gasteiger partial charge is 0.469 e. The summed E-state index contributed by atoms with van der Waals surface area (Å²) in [5, 5.41) is 11.3. The molecule has 118 valence electrons. The smallest absolute Gasteiger partial charge is 0.323 e. The van der Waals surface area contributed by atoms with Crippen LogP contribution in [-0.4, -0.2) is 60.8 Å². The second-order valence-corrected chi connectivity index (χ2v) is 5.50. The van der Waals surface area contributed by atoms with Crippen LogP contribution in [-0.2, 0) is 9.47 Å². The number of hydrogen-bond donors (Lipinski definition) is 1. The zero-order valence-electron chi connectivity index (χ0n) is 12.2. The van der Waals surface area contributed by atoms with Gasteiger partial charge in [-0.2, -0.15) is 0 Å². The normalized spacial score (nSPS) is 15.1. The van der Waals surface area contributed by atoms with E-state index in [1.165, 1.54) is 16.2 Å². The second kappa shape index (κ2) is 8.11. The topological polar surface area (TPSA) is 85.8 Å². The van der Waals surface area contributed by atoms with Gasteiger partial charge in [0.2, 0.25) is 5.13 Å². The summed E-state index contributed by atoms with van der Waals surface area (Å²) in [7, 11) is 1.67. The van der Waals surface area contributed by atoms with Crippen LogP contribution in [0, 0.1) is 0 Å². The van der Waals surface area contributed by atoms with Crippen LogP contribution >= 0.6 is 11.3 Å². The highest BCUT2D eigenvalue weighted by Crippen LogP contribution is 2.22. The standard InChI is InChI=1S/C12H20N4O4S/c1-3-4-5-20-12-15-14-10(21-12)13-11(17)16(2)8-9-18-6-7-19-9/h9H,3-8H2,1-2H3,(H,13,14,17). The van der Waals surface area contributed by atoms with Crippen LogP contribution in [0.15, 0.2) is 0 Å². The Bertz CT molecular complexity index is 450. The lowest BCUT2D eigenvalue weighted by Gasteiger charge is -2.19. The first-order chi connectivity index (χ1) is 10.2. The molecule has 0 unspecified atom stereocenters. The first-order valence-electron chi connectivity index (χ1n) is 6.90. The minimum absolute atomic E-state index is 0.287. The number of likely N-dealkylation sites (N-methyl/N-ethyl adjacent to an activating group) is 1. The van der Waals surface area contributed by atoms with Gasteiger partial charge in [-0.25, -0.2) is 4.79 Å². The van der Waals surface area contributed by atoms with Crippen LogP contribution in [0.2, 0.25) is 0 Å². The third kappa shape index (κ3) is 5.10. The molecule has 1 aromatic heterocycles. The van der Waals surface area contributed by atoms with Crippen molar-refractivity contribution in [3.05, 3.63) is 0 Å². The van der Waals surface area contributed by atoms with Gasteiger partial charge in [-0.3, -0.25) is 5.32 Å². The number of carbonyl (C=O) groups is 1. The maximum Gasteiger partial charge on any atom is 0.323 e. The van der Waals surface area contributed by atoms with Gasteiger partial charge in [-0.15, -0.1) is 5.10 Å². The molecule has 1 fully saturated rings. The predicted octanol–water partition coefficient (Wildman–Crippen LogP) is 1.55. The number of aromatic nitrogens is 2. The quantitative estimate of drug-likeness (QED) is 0.768. The van der Waals surface area contributed by atoms with Gasteiger partial charge in [0.1, 0.15) is 0 Å². The predicted molar refractivity (Wildman–Crippen MR) is 77.7 cm³/mol. The summed E-state index contributed by atoms with van der Waals surface area (Å²) in [6.07, 6.45) is 1.66. The van der Waals surface area contributed by atoms with E-state index in [9.17, 15) is 4.79 Å². The van der Waals surface area contributed by atoms with E-state index in [0.29, 0.717) is 36.7 Å². The number of unbranched alkanes of at least 4 members (excludes halogenated alkanes) is 1. The molecule has 0 aromatic carbocycles. The Labute approximate surface area is 127 Å². The summed E-state index contributed by atoms with van der Waals surface area (Å²) in [5.41, 5.74) is 0. The molecule has 2 rings (SSSR count). The molecule has 0 radical (unpaired) electrons. The molecule has 1 aromatic rings. The van der Waals surface area contributed by atoms with Crippen molar-refractivity contribution in [3.63, 3.8) is 0 Å². The van der Waals surface area contributed by atoms with Crippen molar-refractivity contribution in [1.82, 2.24) is 15.1 Å². The average molecular weight is 316 g/mol. The maximum atomic E-state index is 12.0. The average Bonchev–Trinajstić information content (AvgIpc) is 3.11. The van der Waals surface area contributed by atoms with E-state index in [1.807, 2.05) is 0 Å². The molecule has 1 aliphatic rings. The lowest BCUT2D eigenvalue weighted by Crippen LogP contribution is -2.37. The van der Waals surface area contributed by atoms with Crippen molar-refractivity contribution in [2.75, 3.05) is 38.7 Å². The molecule has 9 heteroatoms. The molecule has 8 nitrogen and oxygen atoms in total. The zero-order chi connectivity index (χ0) is 15.1. The van der Waals surface area contributed by atoms with Crippen LogP contribution < -0.4 is 10.1 Å². The molecule has 1 N–H and O–H groups in total. The molecule has 0 atom stereocenters.